The lowest BCUT2D eigenvalue weighted by Gasteiger charge is -2.45. The van der Waals surface area contributed by atoms with Gasteiger partial charge in [-0.2, -0.15) is 8.42 Å². The van der Waals surface area contributed by atoms with Crippen molar-refractivity contribution in [3.63, 3.8) is 0 Å². The lowest BCUT2D eigenvalue weighted by molar-refractivity contribution is -0.161. The fraction of sp³-hybridized carbons (Fsp3) is 0.350. The SMILES string of the molecule is CC(=O)N/C=C/SC1=C(C(=O)OCc2ccc(Br)cc2)N2C(=O)[C@@H]([C@H](C)OS(=O)(=O)O)[C@H]2C1. The average Bonchev–Trinajstić information content (AvgIpc) is 3.03. The minimum atomic E-state index is -4.74. The molecule has 13 heteroatoms. The molecule has 0 saturated carbocycles. The van der Waals surface area contributed by atoms with E-state index in [0.717, 1.165) is 21.8 Å². The molecule has 0 aliphatic carbocycles. The number of amides is 2. The van der Waals surface area contributed by atoms with Crippen LogP contribution in [-0.4, -0.2) is 47.8 Å². The Hall–Kier alpha value is -2.19. The lowest BCUT2D eigenvalue weighted by atomic mass is 9.83. The lowest BCUT2D eigenvalue weighted by Crippen LogP contribution is -2.62. The predicted molar refractivity (Wildman–Crippen MR) is 122 cm³/mol. The van der Waals surface area contributed by atoms with E-state index in [9.17, 15) is 22.8 Å². The van der Waals surface area contributed by atoms with E-state index in [1.807, 2.05) is 12.1 Å². The fourth-order valence-corrected chi connectivity index (χ4v) is 5.26. The van der Waals surface area contributed by atoms with Crippen LogP contribution < -0.4 is 5.32 Å². The summed E-state index contributed by atoms with van der Waals surface area (Å²) in [6, 6.07) is 6.66. The van der Waals surface area contributed by atoms with Gasteiger partial charge in [0.1, 0.15) is 12.3 Å². The van der Waals surface area contributed by atoms with E-state index in [-0.39, 0.29) is 24.6 Å². The summed E-state index contributed by atoms with van der Waals surface area (Å²) in [5.74, 6) is -2.34. The molecule has 1 saturated heterocycles. The quantitative estimate of drug-likeness (QED) is 0.265. The van der Waals surface area contributed by atoms with Crippen molar-refractivity contribution in [3.05, 3.63) is 56.5 Å². The molecule has 3 rings (SSSR count). The Morgan fingerprint density at radius 1 is 1.36 bits per heavy atom. The third-order valence-electron chi connectivity index (χ3n) is 4.99. The third-order valence-corrected chi connectivity index (χ3v) is 6.98. The van der Waals surface area contributed by atoms with Crippen LogP contribution in [-0.2, 0) is 40.3 Å². The smallest absolute Gasteiger partial charge is 0.397 e. The highest BCUT2D eigenvalue weighted by Crippen LogP contribution is 2.48. The number of hydrogen-bond donors (Lipinski definition) is 2. The topological polar surface area (TPSA) is 139 Å². The molecule has 3 atom stereocenters. The Bertz CT molecular complexity index is 1120. The van der Waals surface area contributed by atoms with Crippen LogP contribution in [0.5, 0.6) is 0 Å². The zero-order chi connectivity index (χ0) is 24.3. The van der Waals surface area contributed by atoms with Gasteiger partial charge in [-0.25, -0.2) is 8.98 Å². The van der Waals surface area contributed by atoms with Crippen molar-refractivity contribution in [2.75, 3.05) is 0 Å². The summed E-state index contributed by atoms with van der Waals surface area (Å²) in [4.78, 5) is 38.6. The van der Waals surface area contributed by atoms with Crippen molar-refractivity contribution >= 4 is 55.9 Å². The Morgan fingerprint density at radius 2 is 2.03 bits per heavy atom. The highest BCUT2D eigenvalue weighted by atomic mass is 79.9. The van der Waals surface area contributed by atoms with Crippen LogP contribution in [0.1, 0.15) is 25.8 Å². The van der Waals surface area contributed by atoms with Crippen molar-refractivity contribution in [3.8, 4) is 0 Å². The summed E-state index contributed by atoms with van der Waals surface area (Å²) in [6.07, 6.45) is 0.546. The molecule has 0 radical (unpaired) electrons. The number of fused-ring (bicyclic) bond motifs is 1. The predicted octanol–water partition coefficient (Wildman–Crippen LogP) is 2.48. The van der Waals surface area contributed by atoms with E-state index >= 15 is 0 Å². The maximum Gasteiger partial charge on any atom is 0.397 e. The van der Waals surface area contributed by atoms with Crippen LogP contribution in [0.3, 0.4) is 0 Å². The van der Waals surface area contributed by atoms with Gasteiger partial charge in [-0.3, -0.25) is 14.1 Å². The van der Waals surface area contributed by atoms with Gasteiger partial charge in [0.25, 0.3) is 0 Å². The summed E-state index contributed by atoms with van der Waals surface area (Å²) < 4.78 is 41.9. The van der Waals surface area contributed by atoms with E-state index in [2.05, 4.69) is 25.4 Å². The number of esters is 1. The maximum absolute atomic E-state index is 12.9. The molecule has 2 aliphatic heterocycles. The first-order chi connectivity index (χ1) is 15.5. The number of nitrogens with one attached hydrogen (secondary N) is 1. The molecule has 2 N–H and O–H groups in total. The van der Waals surface area contributed by atoms with Crippen LogP contribution in [0.25, 0.3) is 0 Å². The largest absolute Gasteiger partial charge is 0.456 e. The second-order valence-electron chi connectivity index (χ2n) is 7.33. The number of carbonyl (C=O) groups excluding carboxylic acids is 3. The van der Waals surface area contributed by atoms with Gasteiger partial charge in [-0.05, 0) is 30.0 Å². The number of rotatable bonds is 9. The van der Waals surface area contributed by atoms with E-state index in [1.165, 1.54) is 24.9 Å². The zero-order valence-electron chi connectivity index (χ0n) is 17.6. The van der Waals surface area contributed by atoms with Crippen molar-refractivity contribution in [2.45, 2.75) is 39.0 Å². The molecule has 10 nitrogen and oxygen atoms in total. The molecule has 1 aromatic rings. The standard InChI is InChI=1S/C20H21BrN2O8S2/c1-11(31-33(27,28)29)17-15-9-16(32-8-7-22-12(2)24)18(23(15)19(17)25)20(26)30-10-13-3-5-14(21)6-4-13/h3-8,11,15,17H,9-10H2,1-2H3,(H,22,24)(H,27,28,29)/b8-7+/t11-,15+,17-/m0/s1. The second kappa shape index (κ2) is 10.4. The van der Waals surface area contributed by atoms with Gasteiger partial charge in [0.05, 0.1) is 18.1 Å². The summed E-state index contributed by atoms with van der Waals surface area (Å²) >= 11 is 4.47. The number of nitrogens with zero attached hydrogens (tertiary/aromatic N) is 1. The molecule has 2 aliphatic rings. The summed E-state index contributed by atoms with van der Waals surface area (Å²) in [5, 5.41) is 4.04. The minimum absolute atomic E-state index is 0.00626. The van der Waals surface area contributed by atoms with E-state index in [4.69, 9.17) is 9.29 Å². The molecule has 0 aromatic heterocycles. The molecule has 33 heavy (non-hydrogen) atoms. The monoisotopic (exact) mass is 560 g/mol. The maximum atomic E-state index is 12.9. The number of carbonyl (C=O) groups is 3. The third kappa shape index (κ3) is 6.23. The number of ether oxygens (including phenoxy) is 1. The molecule has 1 fully saturated rings. The van der Waals surface area contributed by atoms with Gasteiger partial charge in [-0.1, -0.05) is 39.8 Å². The van der Waals surface area contributed by atoms with Gasteiger partial charge < -0.3 is 15.0 Å². The molecule has 1 aromatic carbocycles. The van der Waals surface area contributed by atoms with Gasteiger partial charge in [-0.15, -0.1) is 0 Å². The molecular weight excluding hydrogens is 540 g/mol. The Kier molecular flexibility index (Phi) is 8.00. The summed E-state index contributed by atoms with van der Waals surface area (Å²) in [7, 11) is -4.74. The molecule has 0 bridgehead atoms. The van der Waals surface area contributed by atoms with Crippen molar-refractivity contribution < 1.29 is 36.3 Å². The molecule has 2 heterocycles. The van der Waals surface area contributed by atoms with Crippen LogP contribution in [0.4, 0.5) is 0 Å². The van der Waals surface area contributed by atoms with E-state index in [0.29, 0.717) is 4.91 Å². The summed E-state index contributed by atoms with van der Waals surface area (Å²) in [6.45, 7) is 2.70. The van der Waals surface area contributed by atoms with E-state index < -0.39 is 40.3 Å². The fourth-order valence-electron chi connectivity index (χ4n) is 3.63. The molecule has 0 spiro atoms. The molecule has 178 valence electrons. The normalized spacial score (nSPS) is 21.1. The summed E-state index contributed by atoms with van der Waals surface area (Å²) in [5.41, 5.74) is 0.819. The highest BCUT2D eigenvalue weighted by molar-refractivity contribution is 9.10. The number of thioether (sulfide) groups is 1. The number of halogens is 1. The van der Waals surface area contributed by atoms with Gasteiger partial charge in [0.15, 0.2) is 0 Å². The zero-order valence-corrected chi connectivity index (χ0v) is 20.8. The second-order valence-corrected chi connectivity index (χ2v) is 10.3. The van der Waals surface area contributed by atoms with Gasteiger partial charge in [0.2, 0.25) is 11.8 Å². The van der Waals surface area contributed by atoms with Crippen LogP contribution in [0.15, 0.2) is 50.9 Å². The highest BCUT2D eigenvalue weighted by Gasteiger charge is 2.58. The minimum Gasteiger partial charge on any atom is -0.456 e. The van der Waals surface area contributed by atoms with Gasteiger partial charge in [0, 0.05) is 28.9 Å². The van der Waals surface area contributed by atoms with Crippen LogP contribution >= 0.6 is 27.7 Å². The first-order valence-corrected chi connectivity index (χ1v) is 12.7. The average molecular weight is 561 g/mol. The Balaban J connectivity index is 1.78. The molecular formula is C20H21BrN2O8S2. The molecule has 0 unspecified atom stereocenters. The van der Waals surface area contributed by atoms with Crippen LogP contribution in [0, 0.1) is 5.92 Å². The Labute approximate surface area is 203 Å². The van der Waals surface area contributed by atoms with E-state index in [1.54, 1.807) is 17.5 Å². The van der Waals surface area contributed by atoms with Gasteiger partial charge >= 0.3 is 16.4 Å². The first-order valence-electron chi connectivity index (χ1n) is 9.70. The number of β-lactam (4-membered cyclic amide) rings is 1. The van der Waals surface area contributed by atoms with Crippen molar-refractivity contribution in [1.29, 1.82) is 0 Å². The number of hydrogen-bond acceptors (Lipinski definition) is 8. The van der Waals surface area contributed by atoms with Crippen molar-refractivity contribution in [2.24, 2.45) is 5.92 Å². The first kappa shape index (κ1) is 25.4. The Morgan fingerprint density at radius 3 is 2.64 bits per heavy atom. The number of benzene rings is 1. The van der Waals surface area contributed by atoms with Crippen molar-refractivity contribution in [1.82, 2.24) is 10.2 Å². The molecule has 2 amide bonds. The van der Waals surface area contributed by atoms with Crippen LogP contribution in [0.2, 0.25) is 0 Å².